The van der Waals surface area contributed by atoms with E-state index < -0.39 is 0 Å². The number of anilines is 1. The zero-order valence-electron chi connectivity index (χ0n) is 12.3. The summed E-state index contributed by atoms with van der Waals surface area (Å²) < 4.78 is 0. The highest BCUT2D eigenvalue weighted by molar-refractivity contribution is 5.51. The lowest BCUT2D eigenvalue weighted by Gasteiger charge is -2.16. The van der Waals surface area contributed by atoms with Crippen molar-refractivity contribution in [3.8, 4) is 0 Å². The van der Waals surface area contributed by atoms with Gasteiger partial charge in [0, 0.05) is 11.7 Å². The fraction of sp³-hybridized carbons (Fsp3) is 0.647. The number of benzene rings is 1. The van der Waals surface area contributed by atoms with E-state index in [1.807, 2.05) is 0 Å². The minimum absolute atomic E-state index is 0.561. The number of hydrogen-bond acceptors (Lipinski definition) is 1. The van der Waals surface area contributed by atoms with Gasteiger partial charge in [0.25, 0.3) is 0 Å². The Morgan fingerprint density at radius 2 is 1.72 bits per heavy atom. The molecule has 0 aliphatic rings. The molecule has 0 saturated heterocycles. The Kier molecular flexibility index (Phi) is 7.55. The molecule has 0 fully saturated rings. The number of rotatable bonds is 9. The van der Waals surface area contributed by atoms with Gasteiger partial charge in [-0.1, -0.05) is 57.7 Å². The first kappa shape index (κ1) is 15.1. The second-order valence-corrected chi connectivity index (χ2v) is 5.27. The molecule has 1 heteroatoms. The van der Waals surface area contributed by atoms with E-state index in [0.717, 1.165) is 0 Å². The van der Waals surface area contributed by atoms with Crippen molar-refractivity contribution in [2.45, 2.75) is 71.8 Å². The van der Waals surface area contributed by atoms with Gasteiger partial charge in [-0.2, -0.15) is 0 Å². The zero-order valence-corrected chi connectivity index (χ0v) is 12.3. The Labute approximate surface area is 113 Å². The molecule has 0 aromatic heterocycles. The summed E-state index contributed by atoms with van der Waals surface area (Å²) in [7, 11) is 0. The van der Waals surface area contributed by atoms with Crippen LogP contribution >= 0.6 is 0 Å². The van der Waals surface area contributed by atoms with Crippen LogP contribution in [0.2, 0.25) is 0 Å². The van der Waals surface area contributed by atoms with Gasteiger partial charge in [-0.3, -0.25) is 0 Å². The summed E-state index contributed by atoms with van der Waals surface area (Å²) in [6.45, 7) is 6.74. The van der Waals surface area contributed by atoms with E-state index in [9.17, 15) is 0 Å². The van der Waals surface area contributed by atoms with Crippen LogP contribution in [0.5, 0.6) is 0 Å². The summed E-state index contributed by atoms with van der Waals surface area (Å²) >= 11 is 0. The largest absolute Gasteiger partial charge is 0.382 e. The maximum atomic E-state index is 3.61. The van der Waals surface area contributed by atoms with Crippen LogP contribution in [-0.4, -0.2) is 6.04 Å². The SMILES string of the molecule is CCCCCCCc1ccccc1NC(C)CC. The first-order chi connectivity index (χ1) is 8.77. The lowest BCUT2D eigenvalue weighted by Crippen LogP contribution is -2.14. The molecular formula is C17H29N. The Morgan fingerprint density at radius 1 is 1.00 bits per heavy atom. The highest BCUT2D eigenvalue weighted by Gasteiger charge is 2.04. The second kappa shape index (κ2) is 9.02. The third-order valence-electron chi connectivity index (χ3n) is 3.58. The van der Waals surface area contributed by atoms with Gasteiger partial charge in [-0.15, -0.1) is 0 Å². The maximum absolute atomic E-state index is 3.61. The Morgan fingerprint density at radius 3 is 2.44 bits per heavy atom. The van der Waals surface area contributed by atoms with Crippen LogP contribution in [0.4, 0.5) is 5.69 Å². The lowest BCUT2D eigenvalue weighted by molar-refractivity contribution is 0.632. The van der Waals surface area contributed by atoms with Crippen LogP contribution in [0.25, 0.3) is 0 Å². The van der Waals surface area contributed by atoms with Crippen molar-refractivity contribution in [2.75, 3.05) is 5.32 Å². The maximum Gasteiger partial charge on any atom is 0.0374 e. The van der Waals surface area contributed by atoms with Gasteiger partial charge < -0.3 is 5.32 Å². The molecule has 0 saturated carbocycles. The predicted octanol–water partition coefficient (Wildman–Crippen LogP) is 5.41. The standard InChI is InChI=1S/C17H29N/c1-4-6-7-8-9-12-16-13-10-11-14-17(16)18-15(3)5-2/h10-11,13-15,18H,4-9,12H2,1-3H3. The molecule has 18 heavy (non-hydrogen) atoms. The first-order valence-electron chi connectivity index (χ1n) is 7.62. The Hall–Kier alpha value is -0.980. The van der Waals surface area contributed by atoms with Crippen molar-refractivity contribution in [3.05, 3.63) is 29.8 Å². The van der Waals surface area contributed by atoms with Gasteiger partial charge in [0.15, 0.2) is 0 Å². The van der Waals surface area contributed by atoms with Crippen LogP contribution in [0.3, 0.4) is 0 Å². The number of nitrogens with one attached hydrogen (secondary N) is 1. The van der Waals surface area contributed by atoms with Crippen LogP contribution < -0.4 is 5.32 Å². The van der Waals surface area contributed by atoms with Crippen LogP contribution in [0.1, 0.15) is 64.9 Å². The van der Waals surface area contributed by atoms with E-state index in [2.05, 4.69) is 50.4 Å². The molecule has 1 unspecified atom stereocenters. The Bertz CT molecular complexity index is 319. The average Bonchev–Trinajstić information content (AvgIpc) is 2.40. The monoisotopic (exact) mass is 247 g/mol. The molecule has 0 radical (unpaired) electrons. The van der Waals surface area contributed by atoms with Crippen molar-refractivity contribution >= 4 is 5.69 Å². The van der Waals surface area contributed by atoms with E-state index >= 15 is 0 Å². The summed E-state index contributed by atoms with van der Waals surface area (Å²) in [6, 6.07) is 9.33. The molecule has 0 bridgehead atoms. The highest BCUT2D eigenvalue weighted by atomic mass is 14.9. The topological polar surface area (TPSA) is 12.0 Å². The molecule has 1 rings (SSSR count). The van der Waals surface area contributed by atoms with Gasteiger partial charge in [-0.05, 0) is 37.8 Å². The van der Waals surface area contributed by atoms with Crippen molar-refractivity contribution in [3.63, 3.8) is 0 Å². The predicted molar refractivity (Wildman–Crippen MR) is 82.3 cm³/mol. The van der Waals surface area contributed by atoms with E-state index in [4.69, 9.17) is 0 Å². The van der Waals surface area contributed by atoms with Gasteiger partial charge in [0.05, 0.1) is 0 Å². The van der Waals surface area contributed by atoms with Crippen molar-refractivity contribution in [1.29, 1.82) is 0 Å². The summed E-state index contributed by atoms with van der Waals surface area (Å²) in [5.74, 6) is 0. The molecule has 1 aromatic rings. The molecule has 1 N–H and O–H groups in total. The fourth-order valence-corrected chi connectivity index (χ4v) is 2.17. The minimum atomic E-state index is 0.561. The molecule has 0 amide bonds. The quantitative estimate of drug-likeness (QED) is 0.575. The molecule has 0 heterocycles. The number of hydrogen-bond donors (Lipinski definition) is 1. The van der Waals surface area contributed by atoms with Crippen LogP contribution in [0.15, 0.2) is 24.3 Å². The summed E-state index contributed by atoms with van der Waals surface area (Å²) in [5.41, 5.74) is 2.82. The third kappa shape index (κ3) is 5.57. The van der Waals surface area contributed by atoms with E-state index in [0.29, 0.717) is 6.04 Å². The normalized spacial score (nSPS) is 12.4. The van der Waals surface area contributed by atoms with Crippen LogP contribution in [0, 0.1) is 0 Å². The number of aryl methyl sites for hydroxylation is 1. The second-order valence-electron chi connectivity index (χ2n) is 5.27. The number of unbranched alkanes of at least 4 members (excludes halogenated alkanes) is 4. The number of para-hydroxylation sites is 1. The average molecular weight is 247 g/mol. The molecule has 1 atom stereocenters. The highest BCUT2D eigenvalue weighted by Crippen LogP contribution is 2.19. The first-order valence-corrected chi connectivity index (χ1v) is 7.62. The molecule has 1 nitrogen and oxygen atoms in total. The van der Waals surface area contributed by atoms with Crippen molar-refractivity contribution in [2.24, 2.45) is 0 Å². The van der Waals surface area contributed by atoms with Gasteiger partial charge in [0.1, 0.15) is 0 Å². The van der Waals surface area contributed by atoms with E-state index in [1.54, 1.807) is 0 Å². The molecular weight excluding hydrogens is 218 g/mol. The van der Waals surface area contributed by atoms with Crippen molar-refractivity contribution in [1.82, 2.24) is 0 Å². The smallest absolute Gasteiger partial charge is 0.0374 e. The molecule has 0 spiro atoms. The van der Waals surface area contributed by atoms with E-state index in [-0.39, 0.29) is 0 Å². The van der Waals surface area contributed by atoms with E-state index in [1.165, 1.54) is 56.2 Å². The minimum Gasteiger partial charge on any atom is -0.382 e. The summed E-state index contributed by atoms with van der Waals surface area (Å²) in [5, 5.41) is 3.61. The van der Waals surface area contributed by atoms with Crippen LogP contribution in [-0.2, 0) is 6.42 Å². The molecule has 0 aliphatic heterocycles. The molecule has 102 valence electrons. The summed E-state index contributed by atoms with van der Waals surface area (Å²) in [6.07, 6.45) is 9.16. The lowest BCUT2D eigenvalue weighted by atomic mass is 10.0. The van der Waals surface area contributed by atoms with Crippen molar-refractivity contribution < 1.29 is 0 Å². The fourth-order valence-electron chi connectivity index (χ4n) is 2.17. The van der Waals surface area contributed by atoms with Gasteiger partial charge >= 0.3 is 0 Å². The Balaban J connectivity index is 2.43. The molecule has 1 aromatic carbocycles. The molecule has 0 aliphatic carbocycles. The van der Waals surface area contributed by atoms with Gasteiger partial charge in [-0.25, -0.2) is 0 Å². The van der Waals surface area contributed by atoms with Gasteiger partial charge in [0.2, 0.25) is 0 Å². The third-order valence-corrected chi connectivity index (χ3v) is 3.58. The summed E-state index contributed by atoms with van der Waals surface area (Å²) in [4.78, 5) is 0. The zero-order chi connectivity index (χ0) is 13.2.